The fourth-order valence-corrected chi connectivity index (χ4v) is 3.15. The summed E-state index contributed by atoms with van der Waals surface area (Å²) in [4.78, 5) is 0. The Kier molecular flexibility index (Phi) is 4.03. The van der Waals surface area contributed by atoms with Gasteiger partial charge in [-0.2, -0.15) is 0 Å². The molecule has 1 heterocycles. The number of benzene rings is 2. The van der Waals surface area contributed by atoms with E-state index in [1.54, 1.807) is 0 Å². The maximum absolute atomic E-state index is 5.83. The molecule has 0 unspecified atom stereocenters. The first-order valence-electron chi connectivity index (χ1n) is 8.42. The third-order valence-electron chi connectivity index (χ3n) is 4.41. The average molecular weight is 320 g/mol. The second-order valence-electron chi connectivity index (χ2n) is 6.30. The van der Waals surface area contributed by atoms with Gasteiger partial charge >= 0.3 is 0 Å². The number of ether oxygens (including phenoxy) is 1. The normalized spacial score (nSPS) is 13.5. The highest BCUT2D eigenvalue weighted by Crippen LogP contribution is 2.26. The molecule has 0 fully saturated rings. The Morgan fingerprint density at radius 1 is 1.00 bits per heavy atom. The Balaban J connectivity index is 1.45. The molecule has 0 amide bonds. The van der Waals surface area contributed by atoms with Crippen LogP contribution < -0.4 is 4.74 Å². The fraction of sp³-hybridized carbons (Fsp3) is 0.300. The molecule has 0 bridgehead atoms. The van der Waals surface area contributed by atoms with Gasteiger partial charge in [-0.05, 0) is 68.0 Å². The first-order valence-corrected chi connectivity index (χ1v) is 8.42. The first kappa shape index (κ1) is 14.9. The lowest BCUT2D eigenvalue weighted by Gasteiger charge is -2.16. The highest BCUT2D eigenvalue weighted by Gasteiger charge is 2.12. The Morgan fingerprint density at radius 3 is 2.75 bits per heavy atom. The zero-order valence-corrected chi connectivity index (χ0v) is 13.8. The second-order valence-corrected chi connectivity index (χ2v) is 6.30. The molecule has 24 heavy (non-hydrogen) atoms. The zero-order valence-electron chi connectivity index (χ0n) is 13.8. The molecule has 0 aliphatic heterocycles. The highest BCUT2D eigenvalue weighted by molar-refractivity contribution is 5.53. The van der Waals surface area contributed by atoms with Crippen LogP contribution in [-0.2, 0) is 19.4 Å². The van der Waals surface area contributed by atoms with Crippen molar-refractivity contribution in [1.29, 1.82) is 0 Å². The van der Waals surface area contributed by atoms with E-state index in [4.69, 9.17) is 9.15 Å². The van der Waals surface area contributed by atoms with Crippen molar-refractivity contribution in [3.63, 3.8) is 0 Å². The third-order valence-corrected chi connectivity index (χ3v) is 4.41. The molecule has 0 saturated carbocycles. The van der Waals surface area contributed by atoms with Crippen LogP contribution in [0.15, 0.2) is 46.9 Å². The smallest absolute Gasteiger partial charge is 0.254 e. The average Bonchev–Trinajstić information content (AvgIpc) is 3.09. The standard InChI is InChI=1S/C20H20N2O2/c1-14-5-4-8-17(11-14)20-22-21-19(24-20)13-23-18-10-9-15-6-2-3-7-16(15)12-18/h4-5,8-12H,2-3,6-7,13H2,1H3. The molecule has 1 aromatic heterocycles. The van der Waals surface area contributed by atoms with Crippen molar-refractivity contribution >= 4 is 0 Å². The number of hydrogen-bond donors (Lipinski definition) is 0. The van der Waals surface area contributed by atoms with Crippen molar-refractivity contribution in [3.05, 3.63) is 65.0 Å². The summed E-state index contributed by atoms with van der Waals surface area (Å²) in [5.74, 6) is 1.89. The molecule has 0 atom stereocenters. The van der Waals surface area contributed by atoms with Crippen LogP contribution in [0.1, 0.15) is 35.4 Å². The van der Waals surface area contributed by atoms with Gasteiger partial charge in [0.05, 0.1) is 0 Å². The molecule has 0 spiro atoms. The molecule has 4 heteroatoms. The predicted molar refractivity (Wildman–Crippen MR) is 91.9 cm³/mol. The molecule has 3 aromatic rings. The van der Waals surface area contributed by atoms with Crippen LogP contribution in [0.5, 0.6) is 5.75 Å². The lowest BCUT2D eigenvalue weighted by Crippen LogP contribution is -2.03. The van der Waals surface area contributed by atoms with Crippen LogP contribution >= 0.6 is 0 Å². The van der Waals surface area contributed by atoms with Gasteiger partial charge < -0.3 is 9.15 Å². The van der Waals surface area contributed by atoms with E-state index in [1.807, 2.05) is 37.3 Å². The largest absolute Gasteiger partial charge is 0.484 e. The van der Waals surface area contributed by atoms with Gasteiger partial charge in [-0.15, -0.1) is 10.2 Å². The van der Waals surface area contributed by atoms with Gasteiger partial charge in [0.2, 0.25) is 5.89 Å². The number of fused-ring (bicyclic) bond motifs is 1. The Morgan fingerprint density at radius 2 is 1.88 bits per heavy atom. The van der Waals surface area contributed by atoms with Crippen molar-refractivity contribution < 1.29 is 9.15 Å². The summed E-state index contributed by atoms with van der Waals surface area (Å²) in [6.45, 7) is 2.33. The van der Waals surface area contributed by atoms with Crippen LogP contribution in [0.4, 0.5) is 0 Å². The molecule has 1 aliphatic carbocycles. The molecule has 0 saturated heterocycles. The molecular formula is C20H20N2O2. The number of rotatable bonds is 4. The monoisotopic (exact) mass is 320 g/mol. The van der Waals surface area contributed by atoms with Crippen molar-refractivity contribution in [2.24, 2.45) is 0 Å². The van der Waals surface area contributed by atoms with Gasteiger partial charge in [0.1, 0.15) is 5.75 Å². The van der Waals surface area contributed by atoms with Crippen LogP contribution in [0, 0.1) is 6.92 Å². The number of aryl methyl sites for hydroxylation is 3. The maximum atomic E-state index is 5.83. The molecule has 4 nitrogen and oxygen atoms in total. The zero-order chi connectivity index (χ0) is 16.4. The molecule has 0 radical (unpaired) electrons. The maximum Gasteiger partial charge on any atom is 0.254 e. The van der Waals surface area contributed by atoms with Crippen LogP contribution in [0.2, 0.25) is 0 Å². The lowest BCUT2D eigenvalue weighted by molar-refractivity contribution is 0.264. The van der Waals surface area contributed by atoms with Gasteiger partial charge in [-0.25, -0.2) is 0 Å². The van der Waals surface area contributed by atoms with Crippen molar-refractivity contribution in [2.45, 2.75) is 39.2 Å². The van der Waals surface area contributed by atoms with E-state index in [1.165, 1.54) is 30.4 Å². The number of nitrogens with zero attached hydrogens (tertiary/aromatic N) is 2. The quantitative estimate of drug-likeness (QED) is 0.710. The minimum atomic E-state index is 0.289. The fourth-order valence-electron chi connectivity index (χ4n) is 3.15. The topological polar surface area (TPSA) is 48.2 Å². The van der Waals surface area contributed by atoms with E-state index in [0.717, 1.165) is 23.3 Å². The third kappa shape index (κ3) is 3.18. The Bertz CT molecular complexity index is 854. The van der Waals surface area contributed by atoms with Crippen LogP contribution in [0.25, 0.3) is 11.5 Å². The summed E-state index contributed by atoms with van der Waals surface area (Å²) in [6.07, 6.45) is 4.88. The summed E-state index contributed by atoms with van der Waals surface area (Å²) in [7, 11) is 0. The number of aromatic nitrogens is 2. The SMILES string of the molecule is Cc1cccc(-c2nnc(COc3ccc4c(c3)CCCC4)o2)c1. The molecule has 2 aromatic carbocycles. The van der Waals surface area contributed by atoms with Gasteiger partial charge in [0.15, 0.2) is 6.61 Å². The molecule has 1 aliphatic rings. The highest BCUT2D eigenvalue weighted by atomic mass is 16.5. The Labute approximate surface area is 141 Å². The van der Waals surface area contributed by atoms with E-state index in [-0.39, 0.29) is 6.61 Å². The van der Waals surface area contributed by atoms with E-state index in [0.29, 0.717) is 11.8 Å². The van der Waals surface area contributed by atoms with E-state index < -0.39 is 0 Å². The van der Waals surface area contributed by atoms with Gasteiger partial charge in [0.25, 0.3) is 5.89 Å². The van der Waals surface area contributed by atoms with E-state index >= 15 is 0 Å². The van der Waals surface area contributed by atoms with Crippen molar-refractivity contribution in [2.75, 3.05) is 0 Å². The summed E-state index contributed by atoms with van der Waals surface area (Å²) in [5, 5.41) is 8.20. The first-order chi connectivity index (χ1) is 11.8. The molecule has 0 N–H and O–H groups in total. The van der Waals surface area contributed by atoms with Crippen molar-refractivity contribution in [1.82, 2.24) is 10.2 Å². The molecule has 4 rings (SSSR count). The molecule has 122 valence electrons. The van der Waals surface area contributed by atoms with Gasteiger partial charge in [0, 0.05) is 5.56 Å². The Hall–Kier alpha value is -2.62. The predicted octanol–water partition coefficient (Wildman–Crippen LogP) is 4.50. The summed E-state index contributed by atoms with van der Waals surface area (Å²) in [5.41, 5.74) is 4.96. The van der Waals surface area contributed by atoms with Gasteiger partial charge in [-0.3, -0.25) is 0 Å². The van der Waals surface area contributed by atoms with Gasteiger partial charge in [-0.1, -0.05) is 23.8 Å². The van der Waals surface area contributed by atoms with Crippen LogP contribution in [0.3, 0.4) is 0 Å². The van der Waals surface area contributed by atoms with Crippen LogP contribution in [-0.4, -0.2) is 10.2 Å². The van der Waals surface area contributed by atoms with E-state index in [9.17, 15) is 0 Å². The summed E-state index contributed by atoms with van der Waals surface area (Å²) < 4.78 is 11.5. The molecular weight excluding hydrogens is 300 g/mol. The van der Waals surface area contributed by atoms with E-state index in [2.05, 4.69) is 22.3 Å². The lowest BCUT2D eigenvalue weighted by atomic mass is 9.92. The summed E-state index contributed by atoms with van der Waals surface area (Å²) in [6, 6.07) is 14.4. The number of hydrogen-bond acceptors (Lipinski definition) is 4. The van der Waals surface area contributed by atoms with Crippen molar-refractivity contribution in [3.8, 4) is 17.2 Å². The minimum absolute atomic E-state index is 0.289. The second kappa shape index (κ2) is 6.48. The minimum Gasteiger partial charge on any atom is -0.484 e. The summed E-state index contributed by atoms with van der Waals surface area (Å²) >= 11 is 0.